The Balaban J connectivity index is 2.04. The summed E-state index contributed by atoms with van der Waals surface area (Å²) >= 11 is 0. The Labute approximate surface area is 145 Å². The van der Waals surface area contributed by atoms with E-state index in [1.807, 2.05) is 11.8 Å². The summed E-state index contributed by atoms with van der Waals surface area (Å²) in [5.41, 5.74) is 1.00. The molecule has 6 heteroatoms. The second-order valence-corrected chi connectivity index (χ2v) is 9.12. The zero-order valence-electron chi connectivity index (χ0n) is 15.0. The van der Waals surface area contributed by atoms with Gasteiger partial charge in [0.25, 0.3) is 0 Å². The lowest BCUT2D eigenvalue weighted by Gasteiger charge is -2.26. The highest BCUT2D eigenvalue weighted by Gasteiger charge is 2.34. The molecule has 2 rings (SSSR count). The third kappa shape index (κ3) is 4.80. The van der Waals surface area contributed by atoms with Crippen molar-refractivity contribution in [3.63, 3.8) is 0 Å². The first-order chi connectivity index (χ1) is 11.2. The Hall–Kier alpha value is -1.40. The number of benzene rings is 1. The lowest BCUT2D eigenvalue weighted by atomic mass is 10.1. The first-order valence-corrected chi connectivity index (χ1v) is 9.98. The standard InChI is InChI=1S/C18H28N2O3S/c1-14(2)11-12-20(16-7-8-16)18(21)13-19(4)24(22,23)17-9-5-15(3)6-10-17/h5-6,9-10,14,16H,7-8,11-13H2,1-4H3. The van der Waals surface area contributed by atoms with Gasteiger partial charge in [-0.2, -0.15) is 4.31 Å². The molecule has 1 aromatic rings. The molecule has 134 valence electrons. The van der Waals surface area contributed by atoms with E-state index in [4.69, 9.17) is 0 Å². The Morgan fingerprint density at radius 3 is 2.29 bits per heavy atom. The number of hydrogen-bond donors (Lipinski definition) is 0. The van der Waals surface area contributed by atoms with Crippen molar-refractivity contribution < 1.29 is 13.2 Å². The van der Waals surface area contributed by atoms with Gasteiger partial charge in [0.15, 0.2) is 0 Å². The molecule has 0 aliphatic heterocycles. The van der Waals surface area contributed by atoms with Gasteiger partial charge in [-0.1, -0.05) is 31.5 Å². The molecule has 0 aromatic heterocycles. The van der Waals surface area contributed by atoms with Crippen molar-refractivity contribution >= 4 is 15.9 Å². The molecule has 1 fully saturated rings. The largest absolute Gasteiger partial charge is 0.339 e. The monoisotopic (exact) mass is 352 g/mol. The fraction of sp³-hybridized carbons (Fsp3) is 0.611. The number of aryl methyl sites for hydroxylation is 1. The van der Waals surface area contributed by atoms with Crippen LogP contribution in [0.15, 0.2) is 29.2 Å². The lowest BCUT2D eigenvalue weighted by molar-refractivity contribution is -0.132. The van der Waals surface area contributed by atoms with Crippen LogP contribution in [0.4, 0.5) is 0 Å². The quantitative estimate of drug-likeness (QED) is 0.723. The first-order valence-electron chi connectivity index (χ1n) is 8.54. The number of rotatable bonds is 8. The van der Waals surface area contributed by atoms with Gasteiger partial charge in [-0.15, -0.1) is 0 Å². The first kappa shape index (κ1) is 18.9. The van der Waals surface area contributed by atoms with Crippen molar-refractivity contribution in [2.75, 3.05) is 20.1 Å². The molecule has 0 N–H and O–H groups in total. The third-order valence-electron chi connectivity index (χ3n) is 4.34. The van der Waals surface area contributed by atoms with E-state index in [0.717, 1.165) is 29.1 Å². The topological polar surface area (TPSA) is 57.7 Å². The van der Waals surface area contributed by atoms with Gasteiger partial charge in [0.2, 0.25) is 15.9 Å². The van der Waals surface area contributed by atoms with Crippen LogP contribution in [0.5, 0.6) is 0 Å². The zero-order valence-corrected chi connectivity index (χ0v) is 15.8. The zero-order chi connectivity index (χ0) is 17.9. The summed E-state index contributed by atoms with van der Waals surface area (Å²) in [7, 11) is -2.16. The molecule has 0 spiro atoms. The number of likely N-dealkylation sites (N-methyl/N-ethyl adjacent to an activating group) is 1. The molecular formula is C18H28N2O3S. The minimum absolute atomic E-state index is 0.101. The summed E-state index contributed by atoms with van der Waals surface area (Å²) in [5, 5.41) is 0. The van der Waals surface area contributed by atoms with Crippen LogP contribution >= 0.6 is 0 Å². The Bertz CT molecular complexity index is 664. The molecule has 1 aromatic carbocycles. The van der Waals surface area contributed by atoms with Crippen LogP contribution in [0.2, 0.25) is 0 Å². The second-order valence-electron chi connectivity index (χ2n) is 7.07. The fourth-order valence-corrected chi connectivity index (χ4v) is 3.67. The predicted octanol–water partition coefficient (Wildman–Crippen LogP) is 2.65. The number of amides is 1. The van der Waals surface area contributed by atoms with Crippen LogP contribution in [-0.2, 0) is 14.8 Å². The maximum atomic E-state index is 12.6. The summed E-state index contributed by atoms with van der Waals surface area (Å²) in [6.45, 7) is 6.77. The Morgan fingerprint density at radius 1 is 1.21 bits per heavy atom. The van der Waals surface area contributed by atoms with Crippen molar-refractivity contribution in [3.05, 3.63) is 29.8 Å². The van der Waals surface area contributed by atoms with Crippen LogP contribution in [-0.4, -0.2) is 49.7 Å². The van der Waals surface area contributed by atoms with Gasteiger partial charge < -0.3 is 4.90 Å². The maximum absolute atomic E-state index is 12.6. The van der Waals surface area contributed by atoms with Crippen molar-refractivity contribution in [2.24, 2.45) is 5.92 Å². The van der Waals surface area contributed by atoms with Crippen molar-refractivity contribution in [1.82, 2.24) is 9.21 Å². The minimum atomic E-state index is -3.64. The van der Waals surface area contributed by atoms with E-state index in [0.29, 0.717) is 18.5 Å². The summed E-state index contributed by atoms with van der Waals surface area (Å²) in [5.74, 6) is 0.421. The van der Waals surface area contributed by atoms with E-state index in [1.54, 1.807) is 24.3 Å². The summed E-state index contributed by atoms with van der Waals surface area (Å²) in [6.07, 6.45) is 2.99. The highest BCUT2D eigenvalue weighted by molar-refractivity contribution is 7.89. The van der Waals surface area contributed by atoms with Crippen molar-refractivity contribution in [1.29, 1.82) is 0 Å². The number of carbonyl (C=O) groups is 1. The fourth-order valence-electron chi connectivity index (χ4n) is 2.55. The smallest absolute Gasteiger partial charge is 0.243 e. The molecule has 1 aliphatic carbocycles. The number of hydrogen-bond acceptors (Lipinski definition) is 3. The van der Waals surface area contributed by atoms with E-state index in [1.165, 1.54) is 7.05 Å². The molecule has 0 atom stereocenters. The van der Waals surface area contributed by atoms with Crippen LogP contribution in [0.25, 0.3) is 0 Å². The van der Waals surface area contributed by atoms with E-state index < -0.39 is 10.0 Å². The predicted molar refractivity (Wildman–Crippen MR) is 95.2 cm³/mol. The van der Waals surface area contributed by atoms with E-state index in [2.05, 4.69) is 13.8 Å². The molecule has 1 aliphatic rings. The van der Waals surface area contributed by atoms with Gasteiger partial charge in [-0.05, 0) is 44.2 Å². The van der Waals surface area contributed by atoms with Crippen LogP contribution in [0.3, 0.4) is 0 Å². The average Bonchev–Trinajstić information content (AvgIpc) is 3.32. The van der Waals surface area contributed by atoms with Gasteiger partial charge in [0.1, 0.15) is 0 Å². The number of carbonyl (C=O) groups excluding carboxylic acids is 1. The van der Waals surface area contributed by atoms with Crippen LogP contribution < -0.4 is 0 Å². The summed E-state index contributed by atoms with van der Waals surface area (Å²) < 4.78 is 26.4. The van der Waals surface area contributed by atoms with Crippen molar-refractivity contribution in [3.8, 4) is 0 Å². The van der Waals surface area contributed by atoms with Gasteiger partial charge in [-0.25, -0.2) is 8.42 Å². The van der Waals surface area contributed by atoms with E-state index in [9.17, 15) is 13.2 Å². The molecule has 0 unspecified atom stereocenters. The third-order valence-corrected chi connectivity index (χ3v) is 6.16. The molecular weight excluding hydrogens is 324 g/mol. The Morgan fingerprint density at radius 2 is 1.79 bits per heavy atom. The molecule has 0 heterocycles. The highest BCUT2D eigenvalue weighted by atomic mass is 32.2. The second kappa shape index (κ2) is 7.66. The van der Waals surface area contributed by atoms with Gasteiger partial charge >= 0.3 is 0 Å². The summed E-state index contributed by atoms with van der Waals surface area (Å²) in [4.78, 5) is 14.7. The molecule has 24 heavy (non-hydrogen) atoms. The number of sulfonamides is 1. The molecule has 1 amide bonds. The summed E-state index contributed by atoms with van der Waals surface area (Å²) in [6, 6.07) is 7.00. The van der Waals surface area contributed by atoms with E-state index >= 15 is 0 Å². The molecule has 0 radical (unpaired) electrons. The molecule has 0 saturated heterocycles. The maximum Gasteiger partial charge on any atom is 0.243 e. The average molecular weight is 353 g/mol. The SMILES string of the molecule is Cc1ccc(S(=O)(=O)N(C)CC(=O)N(CCC(C)C)C2CC2)cc1. The van der Waals surface area contributed by atoms with Gasteiger partial charge in [0, 0.05) is 19.6 Å². The normalized spacial score (nSPS) is 15.1. The molecule has 1 saturated carbocycles. The van der Waals surface area contributed by atoms with Crippen LogP contribution in [0.1, 0.15) is 38.7 Å². The van der Waals surface area contributed by atoms with Gasteiger partial charge in [-0.3, -0.25) is 4.79 Å². The minimum Gasteiger partial charge on any atom is -0.339 e. The van der Waals surface area contributed by atoms with Crippen LogP contribution in [0, 0.1) is 12.8 Å². The number of nitrogens with zero attached hydrogens (tertiary/aromatic N) is 2. The molecule has 0 bridgehead atoms. The van der Waals surface area contributed by atoms with E-state index in [-0.39, 0.29) is 17.3 Å². The lowest BCUT2D eigenvalue weighted by Crippen LogP contribution is -2.42. The highest BCUT2D eigenvalue weighted by Crippen LogP contribution is 2.28. The van der Waals surface area contributed by atoms with Gasteiger partial charge in [0.05, 0.1) is 11.4 Å². The molecule has 5 nitrogen and oxygen atoms in total. The van der Waals surface area contributed by atoms with Crippen molar-refractivity contribution in [2.45, 2.75) is 51.0 Å². The Kier molecular flexibility index (Phi) is 6.04.